The number of halogens is 4. The molecule has 1 aliphatic heterocycles. The molecule has 1 aliphatic carbocycles. The number of aryl methyl sites for hydroxylation is 1. The Morgan fingerprint density at radius 3 is 2.63 bits per heavy atom. The van der Waals surface area contributed by atoms with E-state index in [9.17, 15) is 18.0 Å². The van der Waals surface area contributed by atoms with Crippen LogP contribution in [0.1, 0.15) is 70.7 Å². The Bertz CT molecular complexity index is 848. The highest BCUT2D eigenvalue weighted by Crippen LogP contribution is 2.39. The number of carbonyl (C=O) groups excluding carboxylic acids is 1. The van der Waals surface area contributed by atoms with Gasteiger partial charge in [-0.15, -0.1) is 0 Å². The predicted octanol–water partition coefficient (Wildman–Crippen LogP) is 5.40. The van der Waals surface area contributed by atoms with E-state index in [-0.39, 0.29) is 3.58 Å². The van der Waals surface area contributed by atoms with Gasteiger partial charge in [-0.05, 0) is 50.2 Å². The van der Waals surface area contributed by atoms with E-state index < -0.39 is 26.9 Å². The molecule has 0 bridgehead atoms. The van der Waals surface area contributed by atoms with Crippen LogP contribution in [0.4, 0.5) is 13.2 Å². The Morgan fingerprint density at radius 2 is 2.04 bits per heavy atom. The van der Waals surface area contributed by atoms with Gasteiger partial charge < -0.3 is 4.57 Å². The number of unbranched alkanes of at least 4 members (excludes halogenated alkanes) is 1. The number of aromatic nitrogens is 2. The Labute approximate surface area is 167 Å². The van der Waals surface area contributed by atoms with Crippen molar-refractivity contribution in [1.29, 1.82) is 0 Å². The van der Waals surface area contributed by atoms with Crippen LogP contribution in [0.15, 0.2) is 9.66 Å². The van der Waals surface area contributed by atoms with E-state index in [1.807, 2.05) is 13.8 Å². The van der Waals surface area contributed by atoms with E-state index in [2.05, 4.69) is 9.55 Å². The van der Waals surface area contributed by atoms with E-state index in [1.54, 1.807) is 0 Å². The molecule has 0 unspecified atom stereocenters. The maximum atomic E-state index is 13.2. The zero-order valence-electron chi connectivity index (χ0n) is 15.8. The topological polar surface area (TPSA) is 34.9 Å². The molecule has 0 atom stereocenters. The number of hydrogen-bond acceptors (Lipinski definition) is 2. The first kappa shape index (κ1) is 20.7. The quantitative estimate of drug-likeness (QED) is 0.359. The van der Waals surface area contributed by atoms with Gasteiger partial charge in [-0.25, -0.2) is 4.98 Å². The summed E-state index contributed by atoms with van der Waals surface area (Å²) in [6.45, 7) is 4.08. The number of Topliss-reactive ketones (excluding diaryl/α,β-unsaturated/α-hetero) is 1. The van der Waals surface area contributed by atoms with E-state index in [0.29, 0.717) is 30.6 Å². The molecule has 0 saturated heterocycles. The third kappa shape index (κ3) is 5.09. The zero-order chi connectivity index (χ0) is 19.6. The molecule has 27 heavy (non-hydrogen) atoms. The Hall–Kier alpha value is -0.990. The van der Waals surface area contributed by atoms with Gasteiger partial charge in [0.2, 0.25) is 0 Å². The minimum Gasteiger partial charge on any atom is -0.320 e. The molecule has 0 spiro atoms. The van der Waals surface area contributed by atoms with E-state index in [4.69, 9.17) is 0 Å². The first-order chi connectivity index (χ1) is 12.8. The van der Waals surface area contributed by atoms with Crippen molar-refractivity contribution in [2.75, 3.05) is 0 Å². The molecule has 1 aromatic heterocycles. The summed E-state index contributed by atoms with van der Waals surface area (Å²) in [7, 11) is 0. The van der Waals surface area contributed by atoms with Crippen LogP contribution in [-0.2, 0) is 11.2 Å². The Kier molecular flexibility index (Phi) is 6.58. The lowest BCUT2D eigenvalue weighted by Crippen LogP contribution is -2.20. The van der Waals surface area contributed by atoms with E-state index >= 15 is 0 Å². The third-order valence-corrected chi connectivity index (χ3v) is 8.12. The lowest BCUT2D eigenvalue weighted by molar-refractivity contribution is -0.119. The number of rotatable bonds is 8. The first-order valence-electron chi connectivity index (χ1n) is 9.65. The van der Waals surface area contributed by atoms with Crippen LogP contribution in [0.3, 0.4) is 0 Å². The summed E-state index contributed by atoms with van der Waals surface area (Å²) in [5.74, 6) is 1.59. The van der Waals surface area contributed by atoms with Crippen molar-refractivity contribution in [1.82, 2.24) is 9.55 Å². The van der Waals surface area contributed by atoms with Gasteiger partial charge >= 0.3 is 6.18 Å². The number of alkyl halides is 3. The molecule has 2 aliphatic rings. The van der Waals surface area contributed by atoms with Crippen LogP contribution in [0.2, 0.25) is 0 Å². The average Bonchev–Trinajstić information content (AvgIpc) is 2.86. The minimum absolute atomic E-state index is 0.296. The fourth-order valence-corrected chi connectivity index (χ4v) is 6.18. The van der Waals surface area contributed by atoms with Crippen molar-refractivity contribution in [2.24, 2.45) is 5.92 Å². The normalized spacial score (nSPS) is 17.3. The highest BCUT2D eigenvalue weighted by atomic mass is 127. The van der Waals surface area contributed by atoms with Crippen LogP contribution in [0.5, 0.6) is 0 Å². The van der Waals surface area contributed by atoms with Gasteiger partial charge in [0.15, 0.2) is 0 Å². The standard InChI is InChI=1S/C20H26F3IN2O/c1-13(2)12-15(27)8-3-4-9-18-25-16-10-11-17(20(21,22)23)24-19(16)26(18)14-6-5-7-14/h10-11,13-14H,3-9,12H2,1-2H3. The molecule has 0 N–H and O–H groups in total. The number of carbonyl (C=O) groups is 1. The maximum absolute atomic E-state index is 13.2. The molecule has 2 heterocycles. The maximum Gasteiger partial charge on any atom is 0.421 e. The van der Waals surface area contributed by atoms with Crippen LogP contribution < -0.4 is 5.35 Å². The summed E-state index contributed by atoms with van der Waals surface area (Å²) < 4.78 is 42.0. The number of allylic oxidation sites excluding steroid dienone is 2. The molecule has 0 aromatic carbocycles. The van der Waals surface area contributed by atoms with Gasteiger partial charge in [0.05, 0.1) is 8.93 Å². The predicted molar refractivity (Wildman–Crippen MR) is 108 cm³/mol. The van der Waals surface area contributed by atoms with Crippen molar-refractivity contribution in [3.05, 3.63) is 24.1 Å². The van der Waals surface area contributed by atoms with Crippen LogP contribution in [0, 0.1) is 9.20 Å². The van der Waals surface area contributed by atoms with Gasteiger partial charge in [-0.1, -0.05) is 34.6 Å². The van der Waals surface area contributed by atoms with Crippen LogP contribution in [-0.4, -0.2) is 21.5 Å². The molecular formula is C20H26F3IN2O. The zero-order valence-corrected chi connectivity index (χ0v) is 17.9. The summed E-state index contributed by atoms with van der Waals surface area (Å²) in [5.41, 5.74) is 0. The smallest absolute Gasteiger partial charge is 0.320 e. The first-order valence-corrected chi connectivity index (χ1v) is 11.8. The second-order valence-electron chi connectivity index (χ2n) is 7.78. The van der Waals surface area contributed by atoms with Crippen LogP contribution >= 0.6 is 20.7 Å². The third-order valence-electron chi connectivity index (χ3n) is 4.98. The average molecular weight is 494 g/mol. The van der Waals surface area contributed by atoms with Gasteiger partial charge in [-0.2, -0.15) is 13.2 Å². The molecule has 3 rings (SSSR count). The highest BCUT2D eigenvalue weighted by Gasteiger charge is 2.34. The molecule has 0 radical (unpaired) electrons. The van der Waals surface area contributed by atoms with Crippen molar-refractivity contribution in [3.8, 4) is 0 Å². The van der Waals surface area contributed by atoms with Crippen molar-refractivity contribution < 1.29 is 18.0 Å². The number of hydrogen-bond donors (Lipinski definition) is 0. The number of ketones is 1. The fraction of sp³-hybridized carbons (Fsp3) is 0.650. The molecule has 7 heteroatoms. The highest BCUT2D eigenvalue weighted by molar-refractivity contribution is 14.2. The molecule has 3 nitrogen and oxygen atoms in total. The molecule has 1 fully saturated rings. The Balaban J connectivity index is 1.74. The molecule has 0 amide bonds. The summed E-state index contributed by atoms with van der Waals surface area (Å²) in [6, 6.07) is 0.305. The summed E-state index contributed by atoms with van der Waals surface area (Å²) in [4.78, 5) is 16.5. The SMILES string of the molecule is CC(C)CC(=O)CCCCc1nc2c(n1C1CCC1)=IC(C(F)(F)F)=CC=2. The number of imidazole rings is 1. The second-order valence-corrected chi connectivity index (χ2v) is 10.5. The van der Waals surface area contributed by atoms with Crippen LogP contribution in [0.25, 0.3) is 6.08 Å². The van der Waals surface area contributed by atoms with Crippen molar-refractivity contribution >= 4 is 32.6 Å². The molecule has 1 aromatic rings. The molecular weight excluding hydrogens is 468 g/mol. The number of fused-ring (bicyclic) bond motifs is 1. The lowest BCUT2D eigenvalue weighted by Gasteiger charge is -2.29. The van der Waals surface area contributed by atoms with Crippen molar-refractivity contribution in [2.45, 2.75) is 77.4 Å². The lowest BCUT2D eigenvalue weighted by atomic mass is 9.92. The van der Waals surface area contributed by atoms with Gasteiger partial charge in [0, 0.05) is 25.3 Å². The largest absolute Gasteiger partial charge is 0.421 e. The monoisotopic (exact) mass is 494 g/mol. The minimum atomic E-state index is -4.24. The van der Waals surface area contributed by atoms with Crippen molar-refractivity contribution in [3.63, 3.8) is 0 Å². The van der Waals surface area contributed by atoms with Gasteiger partial charge in [-0.3, -0.25) is 4.79 Å². The fourth-order valence-electron chi connectivity index (χ4n) is 3.46. The molecule has 1 saturated carbocycles. The summed E-state index contributed by atoms with van der Waals surface area (Å²) >= 11 is -1.26. The number of nitrogens with zero attached hydrogens (tertiary/aromatic N) is 2. The van der Waals surface area contributed by atoms with E-state index in [0.717, 1.165) is 53.0 Å². The van der Waals surface area contributed by atoms with E-state index in [1.165, 1.54) is 12.2 Å². The summed E-state index contributed by atoms with van der Waals surface area (Å²) in [5, 5.41) is 0.730. The van der Waals surface area contributed by atoms with Gasteiger partial charge in [0.1, 0.15) is 14.9 Å². The Morgan fingerprint density at radius 1 is 1.30 bits per heavy atom. The summed E-state index contributed by atoms with van der Waals surface area (Å²) in [6.07, 6.45) is 5.29. The molecule has 150 valence electrons. The van der Waals surface area contributed by atoms with Gasteiger partial charge in [0.25, 0.3) is 0 Å². The second kappa shape index (κ2) is 8.57.